The Bertz CT molecular complexity index is 3550. The van der Waals surface area contributed by atoms with Gasteiger partial charge in [0.25, 0.3) is 0 Å². The highest BCUT2D eigenvalue weighted by Crippen LogP contribution is 2.50. The van der Waals surface area contributed by atoms with Gasteiger partial charge in [-0.15, -0.1) is 11.3 Å². The average molecular weight is 770 g/mol. The van der Waals surface area contributed by atoms with E-state index in [0.29, 0.717) is 0 Å². The summed E-state index contributed by atoms with van der Waals surface area (Å²) in [6.45, 7) is 0. The summed E-state index contributed by atoms with van der Waals surface area (Å²) in [5.41, 5.74) is 12.1. The topological polar surface area (TPSA) is 16.4 Å². The molecule has 276 valence electrons. The molecule has 0 saturated heterocycles. The molecule has 0 N–H and O–H groups in total. The second-order valence-electron chi connectivity index (χ2n) is 15.2. The molecule has 2 aromatic heterocycles. The van der Waals surface area contributed by atoms with Gasteiger partial charge in [-0.2, -0.15) is 0 Å². The van der Waals surface area contributed by atoms with Crippen LogP contribution >= 0.6 is 11.3 Å². The van der Waals surface area contributed by atoms with E-state index in [1.165, 1.54) is 64.0 Å². The number of hydrogen-bond acceptors (Lipinski definition) is 3. The van der Waals surface area contributed by atoms with Crippen LogP contribution in [0.5, 0.6) is 0 Å². The quantitative estimate of drug-likeness (QED) is 0.157. The van der Waals surface area contributed by atoms with Crippen LogP contribution in [0.15, 0.2) is 217 Å². The molecule has 10 aromatic carbocycles. The number of hydrogen-bond donors (Lipinski definition) is 0. The molecule has 0 radical (unpaired) electrons. The first-order valence-corrected chi connectivity index (χ1v) is 20.9. The van der Waals surface area contributed by atoms with Crippen molar-refractivity contribution in [2.45, 2.75) is 0 Å². The van der Waals surface area contributed by atoms with Crippen LogP contribution in [-0.2, 0) is 0 Å². The molecule has 0 unspecified atom stereocenters. The van der Waals surface area contributed by atoms with Gasteiger partial charge in [0.05, 0.1) is 16.8 Å². The summed E-state index contributed by atoms with van der Waals surface area (Å²) in [5.74, 6) is 0. The highest BCUT2D eigenvalue weighted by molar-refractivity contribution is 7.26. The third-order valence-corrected chi connectivity index (χ3v) is 13.1. The number of benzene rings is 10. The van der Waals surface area contributed by atoms with Gasteiger partial charge >= 0.3 is 0 Å². The zero-order valence-corrected chi connectivity index (χ0v) is 32.8. The number of para-hydroxylation sites is 1. The summed E-state index contributed by atoms with van der Waals surface area (Å²) in [7, 11) is 0. The molecule has 0 aliphatic rings. The van der Waals surface area contributed by atoms with E-state index in [0.717, 1.165) is 50.1 Å². The van der Waals surface area contributed by atoms with Crippen molar-refractivity contribution in [2.24, 2.45) is 0 Å². The van der Waals surface area contributed by atoms with E-state index in [4.69, 9.17) is 4.42 Å². The number of furan rings is 1. The minimum absolute atomic E-state index is 0.869. The molecule has 12 rings (SSSR count). The highest BCUT2D eigenvalue weighted by atomic mass is 32.1. The fourth-order valence-electron chi connectivity index (χ4n) is 9.10. The lowest BCUT2D eigenvalue weighted by atomic mass is 9.96. The Morgan fingerprint density at radius 1 is 0.373 bits per heavy atom. The molecule has 0 fully saturated rings. The Morgan fingerprint density at radius 3 is 1.85 bits per heavy atom. The van der Waals surface area contributed by atoms with Crippen LogP contribution in [-0.4, -0.2) is 0 Å². The Kier molecular flexibility index (Phi) is 7.75. The summed E-state index contributed by atoms with van der Waals surface area (Å²) in [6.07, 6.45) is 0. The summed E-state index contributed by atoms with van der Waals surface area (Å²) < 4.78 is 9.47. The molecule has 0 amide bonds. The van der Waals surface area contributed by atoms with Crippen molar-refractivity contribution in [3.05, 3.63) is 212 Å². The molecule has 0 atom stereocenters. The van der Waals surface area contributed by atoms with Crippen molar-refractivity contribution in [3.63, 3.8) is 0 Å². The van der Waals surface area contributed by atoms with Crippen molar-refractivity contribution in [1.29, 1.82) is 0 Å². The van der Waals surface area contributed by atoms with E-state index in [-0.39, 0.29) is 0 Å². The molecular formula is C56H35NOS. The van der Waals surface area contributed by atoms with E-state index in [9.17, 15) is 0 Å². The lowest BCUT2D eigenvalue weighted by Gasteiger charge is -2.28. The summed E-state index contributed by atoms with van der Waals surface area (Å²) in [5, 5.41) is 9.59. The number of rotatable bonds is 6. The van der Waals surface area contributed by atoms with E-state index < -0.39 is 0 Å². The Morgan fingerprint density at radius 2 is 1.00 bits per heavy atom. The number of anilines is 3. The maximum atomic E-state index is 6.91. The number of thiophene rings is 1. The van der Waals surface area contributed by atoms with Gasteiger partial charge in [0, 0.05) is 42.2 Å². The molecule has 0 aliphatic carbocycles. The van der Waals surface area contributed by atoms with Gasteiger partial charge in [-0.25, -0.2) is 0 Å². The van der Waals surface area contributed by atoms with Crippen molar-refractivity contribution in [1.82, 2.24) is 0 Å². The first-order valence-electron chi connectivity index (χ1n) is 20.1. The van der Waals surface area contributed by atoms with E-state index >= 15 is 0 Å². The number of fused-ring (bicyclic) bond motifs is 9. The van der Waals surface area contributed by atoms with Crippen molar-refractivity contribution in [3.8, 4) is 33.4 Å². The van der Waals surface area contributed by atoms with Crippen molar-refractivity contribution < 1.29 is 4.42 Å². The maximum Gasteiger partial charge on any atom is 0.145 e. The van der Waals surface area contributed by atoms with Crippen LogP contribution < -0.4 is 4.90 Å². The van der Waals surface area contributed by atoms with E-state index in [1.807, 2.05) is 11.3 Å². The first-order chi connectivity index (χ1) is 29.3. The van der Waals surface area contributed by atoms with E-state index in [1.54, 1.807) is 0 Å². The van der Waals surface area contributed by atoms with Crippen molar-refractivity contribution >= 4 is 92.1 Å². The Balaban J connectivity index is 1.13. The smallest absolute Gasteiger partial charge is 0.145 e. The van der Waals surface area contributed by atoms with Gasteiger partial charge in [0.2, 0.25) is 0 Å². The molecule has 3 heteroatoms. The summed E-state index contributed by atoms with van der Waals surface area (Å²) in [6, 6.07) is 76.8. The van der Waals surface area contributed by atoms with Gasteiger partial charge in [-0.3, -0.25) is 0 Å². The standard InChI is InChI=1S/C56H35NOS/c1-3-13-36(14-4-1)37-25-27-40(28-26-37)44-33-34-50(54-48-20-9-10-24-51(48)58-55(44)54)57(49-23-11-18-41-30-29-39-17-7-8-19-43(39)53(41)49)42-31-32-46-47-22-12-21-45(38-15-5-2-6-16-38)56(47)59-52(46)35-42/h1-35H. The molecule has 0 spiro atoms. The Labute approximate surface area is 345 Å². The number of nitrogens with zero attached hydrogens (tertiary/aromatic N) is 1. The molecule has 59 heavy (non-hydrogen) atoms. The third kappa shape index (κ3) is 5.47. The zero-order valence-electron chi connectivity index (χ0n) is 32.0. The summed E-state index contributed by atoms with van der Waals surface area (Å²) in [4.78, 5) is 2.48. The monoisotopic (exact) mass is 769 g/mol. The largest absolute Gasteiger partial charge is 0.455 e. The van der Waals surface area contributed by atoms with Gasteiger partial charge < -0.3 is 9.32 Å². The minimum atomic E-state index is 0.869. The normalized spacial score (nSPS) is 11.7. The molecule has 12 aromatic rings. The highest BCUT2D eigenvalue weighted by Gasteiger charge is 2.25. The second kappa shape index (κ2) is 13.6. The molecule has 0 saturated carbocycles. The predicted octanol–water partition coefficient (Wildman–Crippen LogP) is 16.7. The maximum absolute atomic E-state index is 6.91. The average Bonchev–Trinajstić information content (AvgIpc) is 3.89. The zero-order chi connectivity index (χ0) is 38.9. The SMILES string of the molecule is c1ccc(-c2ccc(-c3ccc(N(c4ccc5c(c4)sc4c(-c6ccccc6)cccc45)c4cccc5ccc6ccccc6c45)c4c3oc3ccccc34)cc2)cc1. The molecule has 2 heterocycles. The third-order valence-electron chi connectivity index (χ3n) is 11.9. The molecule has 2 nitrogen and oxygen atoms in total. The second-order valence-corrected chi connectivity index (χ2v) is 16.3. The minimum Gasteiger partial charge on any atom is -0.455 e. The lowest BCUT2D eigenvalue weighted by Crippen LogP contribution is -2.11. The van der Waals surface area contributed by atoms with Gasteiger partial charge in [-0.05, 0) is 80.4 Å². The Hall–Kier alpha value is -7.46. The predicted molar refractivity (Wildman–Crippen MR) is 253 cm³/mol. The lowest BCUT2D eigenvalue weighted by molar-refractivity contribution is 0.670. The van der Waals surface area contributed by atoms with Crippen molar-refractivity contribution in [2.75, 3.05) is 4.90 Å². The van der Waals surface area contributed by atoms with Crippen LogP contribution in [0.3, 0.4) is 0 Å². The fourth-order valence-corrected chi connectivity index (χ4v) is 10.4. The van der Waals surface area contributed by atoms with Crippen LogP contribution in [0.4, 0.5) is 17.1 Å². The van der Waals surface area contributed by atoms with Crippen LogP contribution in [0.2, 0.25) is 0 Å². The molecule has 0 bridgehead atoms. The van der Waals surface area contributed by atoms with Crippen LogP contribution in [0.1, 0.15) is 0 Å². The van der Waals surface area contributed by atoms with Gasteiger partial charge in [0.15, 0.2) is 0 Å². The van der Waals surface area contributed by atoms with Gasteiger partial charge in [-0.1, -0.05) is 176 Å². The van der Waals surface area contributed by atoms with Crippen LogP contribution in [0, 0.1) is 0 Å². The first kappa shape index (κ1) is 33.7. The fraction of sp³-hybridized carbons (Fsp3) is 0. The van der Waals surface area contributed by atoms with E-state index in [2.05, 4.69) is 217 Å². The van der Waals surface area contributed by atoms with Gasteiger partial charge in [0.1, 0.15) is 11.2 Å². The van der Waals surface area contributed by atoms with Crippen LogP contribution in [0.25, 0.3) is 97.0 Å². The molecular weight excluding hydrogens is 735 g/mol. The summed E-state index contributed by atoms with van der Waals surface area (Å²) >= 11 is 1.87. The molecule has 0 aliphatic heterocycles.